The van der Waals surface area contributed by atoms with Gasteiger partial charge >= 0.3 is 18.0 Å². The molecule has 2 amide bonds. The Balaban J connectivity index is 1.55. The van der Waals surface area contributed by atoms with Crippen LogP contribution in [0.25, 0.3) is 11.1 Å². The van der Waals surface area contributed by atoms with Gasteiger partial charge in [0.2, 0.25) is 5.91 Å². The van der Waals surface area contributed by atoms with Crippen LogP contribution in [0.4, 0.5) is 4.79 Å². The Morgan fingerprint density at radius 2 is 1.68 bits per heavy atom. The first-order valence-electron chi connectivity index (χ1n) is 13.3. The van der Waals surface area contributed by atoms with Crippen LogP contribution in [-0.4, -0.2) is 54.3 Å². The van der Waals surface area contributed by atoms with Crippen molar-refractivity contribution in [2.24, 2.45) is 11.8 Å². The summed E-state index contributed by atoms with van der Waals surface area (Å²) in [5, 5.41) is 15.1. The Labute approximate surface area is 239 Å². The van der Waals surface area contributed by atoms with Crippen LogP contribution in [0.2, 0.25) is 5.02 Å². The number of aromatic carboxylic acids is 1. The standard InChI is InChI=1S/C30H37ClN2O7/c1-30(2,3)40-29(38)32-17-19-7-11-21(12-8-19)26(34)33-25(28(37)39-4)15-18-5-9-20(10-6-18)23-14-13-22(27(35)36)16-24(23)31/h5-6,9-10,13-14,16,19,21,25H,7-8,11-12,15,17H2,1-4H3,(H,32,38)(H,33,34)(H,35,36)/t19-,21-,25-/m0/s1. The van der Waals surface area contributed by atoms with Crippen molar-refractivity contribution >= 4 is 35.5 Å². The number of carbonyl (C=O) groups is 4. The Morgan fingerprint density at radius 1 is 1.02 bits per heavy atom. The molecule has 40 heavy (non-hydrogen) atoms. The van der Waals surface area contributed by atoms with E-state index in [9.17, 15) is 19.2 Å². The molecule has 0 heterocycles. The molecule has 0 spiro atoms. The average Bonchev–Trinajstić information content (AvgIpc) is 2.90. The Kier molecular flexibility index (Phi) is 10.6. The highest BCUT2D eigenvalue weighted by Crippen LogP contribution is 2.30. The lowest BCUT2D eigenvalue weighted by atomic mass is 9.81. The number of nitrogens with one attached hydrogen (secondary N) is 2. The van der Waals surface area contributed by atoms with Gasteiger partial charge in [0, 0.05) is 29.5 Å². The fraction of sp³-hybridized carbons (Fsp3) is 0.467. The highest BCUT2D eigenvalue weighted by Gasteiger charge is 2.30. The van der Waals surface area contributed by atoms with E-state index in [1.54, 1.807) is 6.07 Å². The van der Waals surface area contributed by atoms with Gasteiger partial charge in [-0.2, -0.15) is 0 Å². The highest BCUT2D eigenvalue weighted by molar-refractivity contribution is 6.33. The summed E-state index contributed by atoms with van der Waals surface area (Å²) < 4.78 is 10.2. The van der Waals surface area contributed by atoms with E-state index >= 15 is 0 Å². The average molecular weight is 573 g/mol. The smallest absolute Gasteiger partial charge is 0.407 e. The second-order valence-electron chi connectivity index (χ2n) is 11.1. The van der Waals surface area contributed by atoms with Gasteiger partial charge in [-0.15, -0.1) is 0 Å². The van der Waals surface area contributed by atoms with Crippen molar-refractivity contribution in [1.82, 2.24) is 10.6 Å². The molecule has 3 N–H and O–H groups in total. The minimum absolute atomic E-state index is 0.105. The molecule has 1 aliphatic rings. The van der Waals surface area contributed by atoms with Gasteiger partial charge in [0.15, 0.2) is 0 Å². The lowest BCUT2D eigenvalue weighted by Crippen LogP contribution is -2.46. The molecule has 0 unspecified atom stereocenters. The minimum Gasteiger partial charge on any atom is -0.478 e. The predicted molar refractivity (Wildman–Crippen MR) is 151 cm³/mol. The molecule has 1 saturated carbocycles. The molecular weight excluding hydrogens is 536 g/mol. The number of carboxylic acid groups (broad SMARTS) is 1. The van der Waals surface area contributed by atoms with Gasteiger partial charge in [-0.3, -0.25) is 4.79 Å². The zero-order valence-electron chi connectivity index (χ0n) is 23.3. The summed E-state index contributed by atoms with van der Waals surface area (Å²) in [4.78, 5) is 48.6. The zero-order valence-corrected chi connectivity index (χ0v) is 24.0. The van der Waals surface area contributed by atoms with Crippen molar-refractivity contribution in [3.05, 3.63) is 58.6 Å². The van der Waals surface area contributed by atoms with Crippen molar-refractivity contribution < 1.29 is 33.8 Å². The van der Waals surface area contributed by atoms with Crippen molar-refractivity contribution in [3.8, 4) is 11.1 Å². The molecule has 1 fully saturated rings. The number of methoxy groups -OCH3 is 1. The van der Waals surface area contributed by atoms with Crippen LogP contribution >= 0.6 is 11.6 Å². The van der Waals surface area contributed by atoms with Gasteiger partial charge in [-0.25, -0.2) is 14.4 Å². The number of hydrogen-bond acceptors (Lipinski definition) is 6. The summed E-state index contributed by atoms with van der Waals surface area (Å²) in [6.07, 6.45) is 2.70. The number of benzene rings is 2. The van der Waals surface area contributed by atoms with Gasteiger partial charge in [-0.1, -0.05) is 41.9 Å². The van der Waals surface area contributed by atoms with Crippen molar-refractivity contribution in [2.75, 3.05) is 13.7 Å². The molecule has 10 heteroatoms. The Hall–Kier alpha value is -3.59. The van der Waals surface area contributed by atoms with Crippen molar-refractivity contribution in [1.29, 1.82) is 0 Å². The highest BCUT2D eigenvalue weighted by atomic mass is 35.5. The number of esters is 1. The molecule has 0 bridgehead atoms. The van der Waals surface area contributed by atoms with E-state index in [1.165, 1.54) is 19.2 Å². The number of amides is 2. The number of hydrogen-bond donors (Lipinski definition) is 3. The maximum absolute atomic E-state index is 13.0. The SMILES string of the molecule is COC(=O)[C@H](Cc1ccc(-c2ccc(C(=O)O)cc2Cl)cc1)NC(=O)[C@H]1CC[C@H](CNC(=O)OC(C)(C)C)CC1. The number of rotatable bonds is 9. The van der Waals surface area contributed by atoms with E-state index in [1.807, 2.05) is 45.0 Å². The van der Waals surface area contributed by atoms with Crippen LogP contribution in [0.5, 0.6) is 0 Å². The summed E-state index contributed by atoms with van der Waals surface area (Å²) >= 11 is 6.29. The second-order valence-corrected chi connectivity index (χ2v) is 11.5. The molecule has 0 saturated heterocycles. The van der Waals surface area contributed by atoms with Crippen molar-refractivity contribution in [2.45, 2.75) is 64.5 Å². The fourth-order valence-corrected chi connectivity index (χ4v) is 5.02. The fourth-order valence-electron chi connectivity index (χ4n) is 4.73. The molecule has 2 aromatic rings. The first kappa shape index (κ1) is 30.9. The first-order chi connectivity index (χ1) is 18.9. The van der Waals surface area contributed by atoms with Crippen LogP contribution in [0, 0.1) is 11.8 Å². The predicted octanol–water partition coefficient (Wildman–Crippen LogP) is 5.24. The van der Waals surface area contributed by atoms with Crippen LogP contribution in [0.3, 0.4) is 0 Å². The molecule has 1 atom stereocenters. The van der Waals surface area contributed by atoms with Gasteiger partial charge in [0.1, 0.15) is 11.6 Å². The van der Waals surface area contributed by atoms with Crippen LogP contribution < -0.4 is 10.6 Å². The topological polar surface area (TPSA) is 131 Å². The van der Waals surface area contributed by atoms with Crippen LogP contribution in [0.1, 0.15) is 62.4 Å². The van der Waals surface area contributed by atoms with Crippen LogP contribution in [-0.2, 0) is 25.5 Å². The Bertz CT molecular complexity index is 1220. The number of carboxylic acids is 1. The molecule has 216 valence electrons. The maximum atomic E-state index is 13.0. The lowest BCUT2D eigenvalue weighted by molar-refractivity contribution is -0.145. The van der Waals surface area contributed by atoms with Gasteiger partial charge < -0.3 is 25.2 Å². The van der Waals surface area contributed by atoms with Crippen LogP contribution in [0.15, 0.2) is 42.5 Å². The summed E-state index contributed by atoms with van der Waals surface area (Å²) in [7, 11) is 1.29. The summed E-state index contributed by atoms with van der Waals surface area (Å²) in [5.41, 5.74) is 1.85. The lowest BCUT2D eigenvalue weighted by Gasteiger charge is -2.29. The van der Waals surface area contributed by atoms with Gasteiger partial charge in [0.25, 0.3) is 0 Å². The normalized spacial score (nSPS) is 17.8. The molecule has 1 aliphatic carbocycles. The molecule has 0 aromatic heterocycles. The minimum atomic E-state index is -1.05. The molecule has 2 aromatic carbocycles. The first-order valence-corrected chi connectivity index (χ1v) is 13.7. The number of ether oxygens (including phenoxy) is 2. The third-order valence-corrected chi connectivity index (χ3v) is 7.19. The summed E-state index contributed by atoms with van der Waals surface area (Å²) in [5.74, 6) is -1.72. The van der Waals surface area contributed by atoms with E-state index in [2.05, 4.69) is 10.6 Å². The summed E-state index contributed by atoms with van der Waals surface area (Å²) in [6, 6.07) is 11.0. The number of alkyl carbamates (subject to hydrolysis) is 1. The largest absolute Gasteiger partial charge is 0.478 e. The molecular formula is C30H37ClN2O7. The molecule has 9 nitrogen and oxygen atoms in total. The zero-order chi connectivity index (χ0) is 29.4. The van der Waals surface area contributed by atoms with E-state index < -0.39 is 29.7 Å². The number of halogens is 1. The van der Waals surface area contributed by atoms with E-state index in [0.717, 1.165) is 24.0 Å². The third kappa shape index (κ3) is 8.98. The summed E-state index contributed by atoms with van der Waals surface area (Å²) in [6.45, 7) is 5.94. The Morgan fingerprint density at radius 3 is 2.23 bits per heavy atom. The van der Waals surface area contributed by atoms with E-state index in [4.69, 9.17) is 26.2 Å². The third-order valence-electron chi connectivity index (χ3n) is 6.87. The van der Waals surface area contributed by atoms with E-state index in [-0.39, 0.29) is 29.7 Å². The monoisotopic (exact) mass is 572 g/mol. The van der Waals surface area contributed by atoms with Gasteiger partial charge in [0.05, 0.1) is 12.7 Å². The van der Waals surface area contributed by atoms with Crippen molar-refractivity contribution in [3.63, 3.8) is 0 Å². The second kappa shape index (κ2) is 13.7. The maximum Gasteiger partial charge on any atom is 0.407 e. The van der Waals surface area contributed by atoms with Gasteiger partial charge in [-0.05, 0) is 75.6 Å². The molecule has 0 radical (unpaired) electrons. The molecule has 0 aliphatic heterocycles. The molecule has 3 rings (SSSR count). The van der Waals surface area contributed by atoms with E-state index in [0.29, 0.717) is 30.0 Å². The number of carbonyl (C=O) groups excluding carboxylic acids is 3. The quantitative estimate of drug-likeness (QED) is 0.350.